The average Bonchev–Trinajstić information content (AvgIpc) is 2.21. The lowest BCUT2D eigenvalue weighted by atomic mass is 10.1. The maximum absolute atomic E-state index is 10.8. The maximum atomic E-state index is 10.8. The number of hydrogen-bond acceptors (Lipinski definition) is 3. The summed E-state index contributed by atoms with van der Waals surface area (Å²) < 4.78 is 0. The quantitative estimate of drug-likeness (QED) is 0.786. The standard InChI is InChI=1S/C11H21NO2S/c1-3-9(4-2)12-5-6-15-8-10(12)7-11(13)14/h9-10H,3-8H2,1-2H3,(H,13,14). The van der Waals surface area contributed by atoms with Crippen molar-refractivity contribution in [2.45, 2.75) is 45.2 Å². The lowest BCUT2D eigenvalue weighted by Gasteiger charge is -2.39. The molecule has 0 radical (unpaired) electrons. The highest BCUT2D eigenvalue weighted by atomic mass is 32.2. The fraction of sp³-hybridized carbons (Fsp3) is 0.909. The van der Waals surface area contributed by atoms with E-state index in [9.17, 15) is 4.79 Å². The van der Waals surface area contributed by atoms with Crippen LogP contribution >= 0.6 is 11.8 Å². The highest BCUT2D eigenvalue weighted by Gasteiger charge is 2.28. The Morgan fingerprint density at radius 3 is 2.73 bits per heavy atom. The van der Waals surface area contributed by atoms with Crippen LogP contribution in [0.5, 0.6) is 0 Å². The molecule has 0 aromatic rings. The van der Waals surface area contributed by atoms with Crippen molar-refractivity contribution < 1.29 is 9.90 Å². The van der Waals surface area contributed by atoms with Crippen molar-refractivity contribution in [3.8, 4) is 0 Å². The third-order valence-electron chi connectivity index (χ3n) is 3.09. The summed E-state index contributed by atoms with van der Waals surface area (Å²) in [4.78, 5) is 13.2. The first kappa shape index (κ1) is 12.8. The molecule has 1 fully saturated rings. The van der Waals surface area contributed by atoms with Gasteiger partial charge in [-0.2, -0.15) is 11.8 Å². The predicted octanol–water partition coefficient (Wildman–Crippen LogP) is 2.07. The molecule has 1 atom stereocenters. The Labute approximate surface area is 96.2 Å². The van der Waals surface area contributed by atoms with Crippen LogP contribution in [0.25, 0.3) is 0 Å². The lowest BCUT2D eigenvalue weighted by Crippen LogP contribution is -2.48. The highest BCUT2D eigenvalue weighted by Crippen LogP contribution is 2.23. The van der Waals surface area contributed by atoms with E-state index in [0.29, 0.717) is 12.5 Å². The van der Waals surface area contributed by atoms with Gasteiger partial charge in [0.25, 0.3) is 0 Å². The van der Waals surface area contributed by atoms with Crippen molar-refractivity contribution in [1.82, 2.24) is 4.90 Å². The number of thioether (sulfide) groups is 1. The van der Waals surface area contributed by atoms with Gasteiger partial charge in [-0.15, -0.1) is 0 Å². The molecule has 1 saturated heterocycles. The van der Waals surface area contributed by atoms with E-state index in [2.05, 4.69) is 18.7 Å². The van der Waals surface area contributed by atoms with Crippen molar-refractivity contribution in [3.05, 3.63) is 0 Å². The summed E-state index contributed by atoms with van der Waals surface area (Å²) in [5.41, 5.74) is 0. The monoisotopic (exact) mass is 231 g/mol. The molecule has 1 aliphatic rings. The van der Waals surface area contributed by atoms with Crippen LogP contribution in [-0.2, 0) is 4.79 Å². The second kappa shape index (κ2) is 6.38. The summed E-state index contributed by atoms with van der Waals surface area (Å²) in [5, 5.41) is 8.87. The van der Waals surface area contributed by atoms with E-state index in [4.69, 9.17) is 5.11 Å². The molecule has 1 aliphatic heterocycles. The Morgan fingerprint density at radius 1 is 1.53 bits per heavy atom. The topological polar surface area (TPSA) is 40.5 Å². The van der Waals surface area contributed by atoms with Crippen LogP contribution in [0.2, 0.25) is 0 Å². The summed E-state index contributed by atoms with van der Waals surface area (Å²) in [6.07, 6.45) is 2.54. The number of rotatable bonds is 5. The Kier molecular flexibility index (Phi) is 5.47. The summed E-state index contributed by atoms with van der Waals surface area (Å²) in [5.74, 6) is 1.45. The molecule has 4 heteroatoms. The van der Waals surface area contributed by atoms with Gasteiger partial charge in [-0.05, 0) is 12.8 Å². The van der Waals surface area contributed by atoms with Crippen LogP contribution < -0.4 is 0 Å². The van der Waals surface area contributed by atoms with Crippen LogP contribution in [0.1, 0.15) is 33.1 Å². The molecule has 1 rings (SSSR count). The number of carboxylic acid groups (broad SMARTS) is 1. The van der Waals surface area contributed by atoms with E-state index in [1.165, 1.54) is 0 Å². The van der Waals surface area contributed by atoms with Crippen LogP contribution in [0, 0.1) is 0 Å². The normalized spacial score (nSPS) is 23.3. The van der Waals surface area contributed by atoms with Gasteiger partial charge in [0.05, 0.1) is 6.42 Å². The number of hydrogen-bond donors (Lipinski definition) is 1. The van der Waals surface area contributed by atoms with Crippen LogP contribution in [0.15, 0.2) is 0 Å². The fourth-order valence-corrected chi connectivity index (χ4v) is 3.37. The number of nitrogens with zero attached hydrogens (tertiary/aromatic N) is 1. The first-order chi connectivity index (χ1) is 7.19. The van der Waals surface area contributed by atoms with Gasteiger partial charge >= 0.3 is 5.97 Å². The van der Waals surface area contributed by atoms with Gasteiger partial charge in [0.15, 0.2) is 0 Å². The Hall–Kier alpha value is -0.220. The molecule has 0 bridgehead atoms. The minimum Gasteiger partial charge on any atom is -0.481 e. The number of carboxylic acids is 1. The number of carbonyl (C=O) groups is 1. The molecular formula is C11H21NO2S. The lowest BCUT2D eigenvalue weighted by molar-refractivity contribution is -0.138. The molecule has 1 N–H and O–H groups in total. The third kappa shape index (κ3) is 3.68. The zero-order valence-corrected chi connectivity index (χ0v) is 10.4. The van der Waals surface area contributed by atoms with E-state index < -0.39 is 5.97 Å². The largest absolute Gasteiger partial charge is 0.481 e. The molecular weight excluding hydrogens is 210 g/mol. The van der Waals surface area contributed by atoms with Crippen molar-refractivity contribution in [1.29, 1.82) is 0 Å². The summed E-state index contributed by atoms with van der Waals surface area (Å²) in [7, 11) is 0. The Balaban J connectivity index is 2.59. The van der Waals surface area contributed by atoms with Gasteiger partial charge in [0.2, 0.25) is 0 Å². The van der Waals surface area contributed by atoms with E-state index in [0.717, 1.165) is 30.9 Å². The maximum Gasteiger partial charge on any atom is 0.304 e. The SMILES string of the molecule is CCC(CC)N1CCSCC1CC(=O)O. The first-order valence-corrected chi connectivity index (χ1v) is 6.89. The van der Waals surface area contributed by atoms with Crippen molar-refractivity contribution in [2.75, 3.05) is 18.1 Å². The number of aliphatic carboxylic acids is 1. The summed E-state index contributed by atoms with van der Waals surface area (Å²) >= 11 is 1.88. The van der Waals surface area contributed by atoms with Crippen LogP contribution in [0.4, 0.5) is 0 Å². The van der Waals surface area contributed by atoms with Gasteiger partial charge in [-0.1, -0.05) is 13.8 Å². The van der Waals surface area contributed by atoms with Gasteiger partial charge in [0, 0.05) is 30.1 Å². The molecule has 0 spiro atoms. The minimum atomic E-state index is -0.668. The molecule has 88 valence electrons. The zero-order valence-electron chi connectivity index (χ0n) is 9.61. The minimum absolute atomic E-state index is 0.242. The fourth-order valence-electron chi connectivity index (χ4n) is 2.28. The molecule has 0 aliphatic carbocycles. The second-order valence-electron chi connectivity index (χ2n) is 4.03. The highest BCUT2D eigenvalue weighted by molar-refractivity contribution is 7.99. The molecule has 0 aromatic heterocycles. The Bertz CT molecular complexity index is 207. The molecule has 0 amide bonds. The van der Waals surface area contributed by atoms with Gasteiger partial charge in [-0.25, -0.2) is 0 Å². The smallest absolute Gasteiger partial charge is 0.304 e. The zero-order chi connectivity index (χ0) is 11.3. The van der Waals surface area contributed by atoms with Crippen molar-refractivity contribution in [2.24, 2.45) is 0 Å². The molecule has 1 heterocycles. The van der Waals surface area contributed by atoms with E-state index in [1.807, 2.05) is 11.8 Å². The van der Waals surface area contributed by atoms with E-state index in [1.54, 1.807) is 0 Å². The summed E-state index contributed by atoms with van der Waals surface area (Å²) in [6, 6.07) is 0.807. The van der Waals surface area contributed by atoms with Gasteiger partial charge < -0.3 is 5.11 Å². The van der Waals surface area contributed by atoms with Crippen LogP contribution in [0.3, 0.4) is 0 Å². The molecule has 0 saturated carbocycles. The average molecular weight is 231 g/mol. The summed E-state index contributed by atoms with van der Waals surface area (Å²) in [6.45, 7) is 5.43. The molecule has 1 unspecified atom stereocenters. The van der Waals surface area contributed by atoms with Crippen LogP contribution in [-0.4, -0.2) is 46.1 Å². The third-order valence-corrected chi connectivity index (χ3v) is 4.19. The van der Waals surface area contributed by atoms with Crippen molar-refractivity contribution >= 4 is 17.7 Å². The van der Waals surface area contributed by atoms with Gasteiger partial charge in [0.1, 0.15) is 0 Å². The Morgan fingerprint density at radius 2 is 2.20 bits per heavy atom. The first-order valence-electron chi connectivity index (χ1n) is 5.74. The predicted molar refractivity (Wildman–Crippen MR) is 64.4 cm³/mol. The molecule has 3 nitrogen and oxygen atoms in total. The second-order valence-corrected chi connectivity index (χ2v) is 5.18. The van der Waals surface area contributed by atoms with E-state index >= 15 is 0 Å². The van der Waals surface area contributed by atoms with E-state index in [-0.39, 0.29) is 6.04 Å². The van der Waals surface area contributed by atoms with Crippen molar-refractivity contribution in [3.63, 3.8) is 0 Å². The van der Waals surface area contributed by atoms with Gasteiger partial charge in [-0.3, -0.25) is 9.69 Å². The molecule has 0 aromatic carbocycles. The molecule has 15 heavy (non-hydrogen) atoms.